The van der Waals surface area contributed by atoms with Gasteiger partial charge in [-0.15, -0.1) is 0 Å². The standard InChI is InChI=1S/C13H19NO/c1-10-3-4-12(9-11(10)2)13(14)5-7-15-8-6-13/h3-4,9H,5-8,14H2,1-2H3. The summed E-state index contributed by atoms with van der Waals surface area (Å²) in [6.07, 6.45) is 1.85. The number of hydrogen-bond acceptors (Lipinski definition) is 2. The number of rotatable bonds is 1. The van der Waals surface area contributed by atoms with Crippen molar-refractivity contribution >= 4 is 0 Å². The molecule has 1 heterocycles. The van der Waals surface area contributed by atoms with Crippen molar-refractivity contribution < 1.29 is 4.74 Å². The number of aryl methyl sites for hydroxylation is 2. The average Bonchev–Trinajstić information content (AvgIpc) is 2.23. The van der Waals surface area contributed by atoms with Crippen LogP contribution in [0.3, 0.4) is 0 Å². The minimum Gasteiger partial charge on any atom is -0.381 e. The van der Waals surface area contributed by atoms with Gasteiger partial charge in [-0.2, -0.15) is 0 Å². The van der Waals surface area contributed by atoms with Gasteiger partial charge in [0.2, 0.25) is 0 Å². The van der Waals surface area contributed by atoms with Gasteiger partial charge in [0.25, 0.3) is 0 Å². The third-order valence-electron chi connectivity index (χ3n) is 3.47. The van der Waals surface area contributed by atoms with Crippen molar-refractivity contribution in [1.82, 2.24) is 0 Å². The second-order valence-electron chi connectivity index (χ2n) is 4.57. The Morgan fingerprint density at radius 2 is 1.80 bits per heavy atom. The molecule has 2 N–H and O–H groups in total. The summed E-state index contributed by atoms with van der Waals surface area (Å²) < 4.78 is 5.36. The normalized spacial score (nSPS) is 20.2. The average molecular weight is 205 g/mol. The van der Waals surface area contributed by atoms with E-state index in [0.29, 0.717) is 0 Å². The van der Waals surface area contributed by atoms with E-state index in [1.54, 1.807) is 0 Å². The van der Waals surface area contributed by atoms with Crippen LogP contribution in [-0.2, 0) is 10.3 Å². The van der Waals surface area contributed by atoms with Crippen LogP contribution in [0.25, 0.3) is 0 Å². The zero-order valence-corrected chi connectivity index (χ0v) is 9.55. The molecular formula is C13H19NO. The molecule has 1 aromatic carbocycles. The van der Waals surface area contributed by atoms with Crippen LogP contribution in [0.2, 0.25) is 0 Å². The molecule has 0 bridgehead atoms. The minimum atomic E-state index is -0.170. The van der Waals surface area contributed by atoms with Crippen LogP contribution < -0.4 is 5.73 Å². The zero-order valence-electron chi connectivity index (χ0n) is 9.55. The van der Waals surface area contributed by atoms with E-state index < -0.39 is 0 Å². The Balaban J connectivity index is 2.31. The van der Waals surface area contributed by atoms with E-state index in [1.807, 2.05) is 0 Å². The first-order chi connectivity index (χ1) is 7.12. The highest BCUT2D eigenvalue weighted by Crippen LogP contribution is 2.30. The molecule has 82 valence electrons. The molecule has 0 radical (unpaired) electrons. The van der Waals surface area contributed by atoms with Gasteiger partial charge in [0.05, 0.1) is 0 Å². The molecule has 1 fully saturated rings. The molecule has 0 unspecified atom stereocenters. The molecule has 15 heavy (non-hydrogen) atoms. The first-order valence-corrected chi connectivity index (χ1v) is 5.56. The molecule has 0 spiro atoms. The summed E-state index contributed by atoms with van der Waals surface area (Å²) in [6, 6.07) is 6.54. The van der Waals surface area contributed by atoms with Gasteiger partial charge in [-0.1, -0.05) is 18.2 Å². The van der Waals surface area contributed by atoms with E-state index in [0.717, 1.165) is 26.1 Å². The SMILES string of the molecule is Cc1ccc(C2(N)CCOCC2)cc1C. The molecule has 0 saturated carbocycles. The number of nitrogens with two attached hydrogens (primary N) is 1. The largest absolute Gasteiger partial charge is 0.381 e. The molecule has 1 aromatic rings. The molecular weight excluding hydrogens is 186 g/mol. The van der Waals surface area contributed by atoms with E-state index in [4.69, 9.17) is 10.5 Å². The van der Waals surface area contributed by atoms with E-state index in [-0.39, 0.29) is 5.54 Å². The fourth-order valence-electron chi connectivity index (χ4n) is 2.08. The molecule has 2 heteroatoms. The maximum absolute atomic E-state index is 6.42. The summed E-state index contributed by atoms with van der Waals surface area (Å²) in [6.45, 7) is 5.83. The molecule has 0 aromatic heterocycles. The van der Waals surface area contributed by atoms with Crippen LogP contribution in [0.5, 0.6) is 0 Å². The van der Waals surface area contributed by atoms with E-state index in [1.165, 1.54) is 16.7 Å². The van der Waals surface area contributed by atoms with Crippen molar-refractivity contribution in [2.75, 3.05) is 13.2 Å². The predicted molar refractivity (Wildman–Crippen MR) is 61.8 cm³/mol. The number of benzene rings is 1. The van der Waals surface area contributed by atoms with Gasteiger partial charge in [0.15, 0.2) is 0 Å². The van der Waals surface area contributed by atoms with Crippen LogP contribution in [0, 0.1) is 13.8 Å². The molecule has 1 aliphatic heterocycles. The smallest absolute Gasteiger partial charge is 0.0486 e. The van der Waals surface area contributed by atoms with Crippen molar-refractivity contribution in [3.63, 3.8) is 0 Å². The Bertz CT molecular complexity index is 354. The first-order valence-electron chi connectivity index (χ1n) is 5.56. The van der Waals surface area contributed by atoms with Crippen LogP contribution >= 0.6 is 0 Å². The molecule has 0 amide bonds. The first kappa shape index (κ1) is 10.7. The number of hydrogen-bond donors (Lipinski definition) is 1. The molecule has 0 atom stereocenters. The Kier molecular flexibility index (Phi) is 2.81. The highest BCUT2D eigenvalue weighted by atomic mass is 16.5. The van der Waals surface area contributed by atoms with Crippen LogP contribution in [0.15, 0.2) is 18.2 Å². The van der Waals surface area contributed by atoms with Gasteiger partial charge in [-0.3, -0.25) is 0 Å². The summed E-state index contributed by atoms with van der Waals surface area (Å²) in [4.78, 5) is 0. The number of ether oxygens (including phenoxy) is 1. The zero-order chi connectivity index (χ0) is 10.9. The molecule has 1 aliphatic rings. The summed E-state index contributed by atoms with van der Waals surface area (Å²) >= 11 is 0. The predicted octanol–water partition coefficient (Wildman–Crippen LogP) is 2.27. The van der Waals surface area contributed by atoms with Crippen molar-refractivity contribution in [3.05, 3.63) is 34.9 Å². The third kappa shape index (κ3) is 2.06. The molecule has 0 aliphatic carbocycles. The maximum Gasteiger partial charge on any atom is 0.0486 e. The lowest BCUT2D eigenvalue weighted by Crippen LogP contribution is -2.42. The molecule has 1 saturated heterocycles. The maximum atomic E-state index is 6.42. The van der Waals surface area contributed by atoms with Crippen molar-refractivity contribution in [3.8, 4) is 0 Å². The van der Waals surface area contributed by atoms with Gasteiger partial charge < -0.3 is 10.5 Å². The second-order valence-corrected chi connectivity index (χ2v) is 4.57. The molecule has 2 nitrogen and oxygen atoms in total. The highest BCUT2D eigenvalue weighted by Gasteiger charge is 2.29. The van der Waals surface area contributed by atoms with Crippen molar-refractivity contribution in [2.45, 2.75) is 32.2 Å². The lowest BCUT2D eigenvalue weighted by atomic mass is 9.83. The van der Waals surface area contributed by atoms with Gasteiger partial charge >= 0.3 is 0 Å². The summed E-state index contributed by atoms with van der Waals surface area (Å²) in [7, 11) is 0. The van der Waals surface area contributed by atoms with Crippen LogP contribution in [0.1, 0.15) is 29.5 Å². The lowest BCUT2D eigenvalue weighted by Gasteiger charge is -2.34. The fourth-order valence-corrected chi connectivity index (χ4v) is 2.08. The summed E-state index contributed by atoms with van der Waals surface area (Å²) in [5.41, 5.74) is 10.2. The Morgan fingerprint density at radius 1 is 1.13 bits per heavy atom. The Morgan fingerprint density at radius 3 is 2.40 bits per heavy atom. The van der Waals surface area contributed by atoms with E-state index in [9.17, 15) is 0 Å². The lowest BCUT2D eigenvalue weighted by molar-refractivity contribution is 0.0522. The van der Waals surface area contributed by atoms with Crippen LogP contribution in [0.4, 0.5) is 0 Å². The second kappa shape index (κ2) is 3.95. The quantitative estimate of drug-likeness (QED) is 0.763. The van der Waals surface area contributed by atoms with Gasteiger partial charge in [0.1, 0.15) is 0 Å². The van der Waals surface area contributed by atoms with Gasteiger partial charge in [-0.05, 0) is 43.4 Å². The van der Waals surface area contributed by atoms with Gasteiger partial charge in [0, 0.05) is 18.8 Å². The van der Waals surface area contributed by atoms with Crippen molar-refractivity contribution in [2.24, 2.45) is 5.73 Å². The Hall–Kier alpha value is -0.860. The monoisotopic (exact) mass is 205 g/mol. The summed E-state index contributed by atoms with van der Waals surface area (Å²) in [5.74, 6) is 0. The Labute approximate surface area is 91.4 Å². The minimum absolute atomic E-state index is 0.170. The van der Waals surface area contributed by atoms with E-state index in [2.05, 4.69) is 32.0 Å². The summed E-state index contributed by atoms with van der Waals surface area (Å²) in [5, 5.41) is 0. The highest BCUT2D eigenvalue weighted by molar-refractivity contribution is 5.34. The van der Waals surface area contributed by atoms with Crippen LogP contribution in [-0.4, -0.2) is 13.2 Å². The topological polar surface area (TPSA) is 35.2 Å². The van der Waals surface area contributed by atoms with E-state index >= 15 is 0 Å². The van der Waals surface area contributed by atoms with Crippen molar-refractivity contribution in [1.29, 1.82) is 0 Å². The fraction of sp³-hybridized carbons (Fsp3) is 0.538. The molecule has 2 rings (SSSR count). The third-order valence-corrected chi connectivity index (χ3v) is 3.47. The van der Waals surface area contributed by atoms with Gasteiger partial charge in [-0.25, -0.2) is 0 Å².